The molecule has 0 heterocycles. The maximum atomic E-state index is 4.37. The lowest BCUT2D eigenvalue weighted by molar-refractivity contribution is 0.474. The number of nitrogens with zero attached hydrogens (tertiary/aromatic N) is 1. The number of hydrogen-bond donors (Lipinski definition) is 1. The Kier molecular flexibility index (Phi) is 11.4. The molecule has 0 bridgehead atoms. The van der Waals surface area contributed by atoms with Crippen LogP contribution in [0.3, 0.4) is 0 Å². The Morgan fingerprint density at radius 3 is 2.23 bits per heavy atom. The molecule has 0 fully saturated rings. The zero-order valence-corrected chi connectivity index (χ0v) is 17.4. The summed E-state index contributed by atoms with van der Waals surface area (Å²) in [6, 6.07) is 9.54. The fraction of sp³-hybridized carbons (Fsp3) is 0.542. The maximum Gasteiger partial charge on any atom is 0.0385 e. The highest BCUT2D eigenvalue weighted by Crippen LogP contribution is 2.12. The molecular weight excluding hydrogens is 316 g/mol. The normalized spacial score (nSPS) is 12.1. The van der Waals surface area contributed by atoms with E-state index in [-0.39, 0.29) is 0 Å². The number of nitrogens with one attached hydrogen (secondary N) is 1. The van der Waals surface area contributed by atoms with Crippen LogP contribution in [-0.2, 0) is 12.8 Å². The minimum atomic E-state index is 0.586. The molecule has 2 heteroatoms. The van der Waals surface area contributed by atoms with Crippen LogP contribution in [0.4, 0.5) is 0 Å². The van der Waals surface area contributed by atoms with E-state index in [4.69, 9.17) is 0 Å². The number of aliphatic imine (C=N–C) groups is 1. The minimum absolute atomic E-state index is 0.586. The van der Waals surface area contributed by atoms with Crippen molar-refractivity contribution in [3.05, 3.63) is 59.8 Å². The monoisotopic (exact) mass is 354 g/mol. The van der Waals surface area contributed by atoms with Crippen molar-refractivity contribution < 1.29 is 0 Å². The fourth-order valence-corrected chi connectivity index (χ4v) is 3.14. The molecule has 26 heavy (non-hydrogen) atoms. The highest BCUT2D eigenvalue weighted by Gasteiger charge is 2.07. The van der Waals surface area contributed by atoms with Gasteiger partial charge in [-0.1, -0.05) is 70.5 Å². The van der Waals surface area contributed by atoms with E-state index >= 15 is 0 Å². The van der Waals surface area contributed by atoms with Crippen molar-refractivity contribution in [1.82, 2.24) is 5.32 Å². The van der Waals surface area contributed by atoms with Gasteiger partial charge in [-0.3, -0.25) is 4.99 Å². The van der Waals surface area contributed by atoms with E-state index in [9.17, 15) is 0 Å². The first-order chi connectivity index (χ1) is 12.6. The molecule has 0 aromatic heterocycles. The van der Waals surface area contributed by atoms with Gasteiger partial charge in [0.2, 0.25) is 0 Å². The van der Waals surface area contributed by atoms with Gasteiger partial charge < -0.3 is 5.32 Å². The predicted molar refractivity (Wildman–Crippen MR) is 117 cm³/mol. The van der Waals surface area contributed by atoms with Gasteiger partial charge in [0, 0.05) is 30.9 Å². The third-order valence-corrected chi connectivity index (χ3v) is 4.64. The first-order valence-electron chi connectivity index (χ1n) is 10.3. The van der Waals surface area contributed by atoms with Crippen LogP contribution in [-0.4, -0.2) is 18.8 Å². The number of allylic oxidation sites excluding steroid dienone is 3. The molecule has 2 nitrogen and oxygen atoms in total. The molecule has 1 aromatic carbocycles. The van der Waals surface area contributed by atoms with E-state index in [1.807, 2.05) is 7.05 Å². The highest BCUT2D eigenvalue weighted by atomic mass is 14.9. The van der Waals surface area contributed by atoms with Gasteiger partial charge in [-0.25, -0.2) is 0 Å². The molecule has 1 rings (SSSR count). The van der Waals surface area contributed by atoms with Gasteiger partial charge in [0.15, 0.2) is 0 Å². The second-order valence-corrected chi connectivity index (χ2v) is 7.04. The van der Waals surface area contributed by atoms with Crippen molar-refractivity contribution in [3.8, 4) is 0 Å². The van der Waals surface area contributed by atoms with Crippen molar-refractivity contribution >= 4 is 5.71 Å². The standard InChI is InChI=1S/C24H38N2/c1-6-9-12-24(25-5)19-22-17-15-21(16-18-22)14-13-20(4)26-23(10-7-2)11-8-3/h9,12,15-18,23,26H,4,6-8,10-11,13-14,19H2,1-3,5H3/b12-9-,25-24?. The molecular formula is C24H38N2. The van der Waals surface area contributed by atoms with Crippen molar-refractivity contribution in [1.29, 1.82) is 0 Å². The SMILES string of the molecule is C=C(CCc1ccc(CC(/C=C\CC)=NC)cc1)NC(CCC)CCC. The number of hydrogen-bond acceptors (Lipinski definition) is 2. The topological polar surface area (TPSA) is 24.4 Å². The van der Waals surface area contributed by atoms with Crippen LogP contribution in [0.15, 0.2) is 53.7 Å². The molecule has 0 aliphatic rings. The van der Waals surface area contributed by atoms with Gasteiger partial charge in [-0.05, 0) is 49.3 Å². The van der Waals surface area contributed by atoms with Crippen molar-refractivity contribution in [2.45, 2.75) is 78.2 Å². The third kappa shape index (κ3) is 9.03. The Balaban J connectivity index is 2.49. The Morgan fingerprint density at radius 1 is 1.08 bits per heavy atom. The summed E-state index contributed by atoms with van der Waals surface area (Å²) in [5.74, 6) is 0. The largest absolute Gasteiger partial charge is 0.386 e. The lowest BCUT2D eigenvalue weighted by atomic mass is 10.0. The molecule has 0 spiro atoms. The number of rotatable bonds is 13. The van der Waals surface area contributed by atoms with Crippen molar-refractivity contribution in [3.63, 3.8) is 0 Å². The number of aryl methyl sites for hydroxylation is 1. The van der Waals surface area contributed by atoms with E-state index in [0.29, 0.717) is 6.04 Å². The fourth-order valence-electron chi connectivity index (χ4n) is 3.14. The Labute approximate surface area is 161 Å². The van der Waals surface area contributed by atoms with E-state index in [1.165, 1.54) is 42.5 Å². The second kappa shape index (κ2) is 13.4. The molecule has 1 N–H and O–H groups in total. The molecule has 0 aliphatic heterocycles. The van der Waals surface area contributed by atoms with Gasteiger partial charge in [0.05, 0.1) is 0 Å². The summed E-state index contributed by atoms with van der Waals surface area (Å²) in [4.78, 5) is 4.37. The number of benzene rings is 1. The van der Waals surface area contributed by atoms with Crippen molar-refractivity contribution in [2.75, 3.05) is 7.05 Å². The molecule has 0 unspecified atom stereocenters. The summed E-state index contributed by atoms with van der Waals surface area (Å²) in [5, 5.41) is 3.64. The highest BCUT2D eigenvalue weighted by molar-refractivity contribution is 5.96. The Morgan fingerprint density at radius 2 is 1.69 bits per heavy atom. The predicted octanol–water partition coefficient (Wildman–Crippen LogP) is 6.27. The average Bonchev–Trinajstić information content (AvgIpc) is 2.65. The van der Waals surface area contributed by atoms with Crippen LogP contribution in [0.25, 0.3) is 0 Å². The quantitative estimate of drug-likeness (QED) is 0.415. The lowest BCUT2D eigenvalue weighted by Crippen LogP contribution is -2.28. The summed E-state index contributed by atoms with van der Waals surface area (Å²) in [6.07, 6.45) is 13.2. The van der Waals surface area contributed by atoms with Crippen LogP contribution in [0, 0.1) is 0 Å². The van der Waals surface area contributed by atoms with Gasteiger partial charge in [-0.15, -0.1) is 0 Å². The summed E-state index contributed by atoms with van der Waals surface area (Å²) in [6.45, 7) is 10.9. The molecule has 0 radical (unpaired) electrons. The lowest BCUT2D eigenvalue weighted by Gasteiger charge is -2.20. The molecule has 0 aliphatic carbocycles. The van der Waals surface area contributed by atoms with E-state index in [1.54, 1.807) is 0 Å². The molecule has 0 atom stereocenters. The van der Waals surface area contributed by atoms with Crippen LogP contribution >= 0.6 is 0 Å². The zero-order valence-electron chi connectivity index (χ0n) is 17.4. The molecule has 144 valence electrons. The first kappa shape index (κ1) is 22.2. The summed E-state index contributed by atoms with van der Waals surface area (Å²) in [7, 11) is 1.87. The van der Waals surface area contributed by atoms with Crippen LogP contribution in [0.5, 0.6) is 0 Å². The van der Waals surface area contributed by atoms with Gasteiger partial charge >= 0.3 is 0 Å². The Bertz CT molecular complexity index is 560. The van der Waals surface area contributed by atoms with Crippen LogP contribution < -0.4 is 5.32 Å². The molecule has 0 saturated heterocycles. The van der Waals surface area contributed by atoms with E-state index in [2.05, 4.69) is 74.1 Å². The van der Waals surface area contributed by atoms with Gasteiger partial charge in [0.1, 0.15) is 0 Å². The maximum absolute atomic E-state index is 4.37. The van der Waals surface area contributed by atoms with Crippen LogP contribution in [0.1, 0.15) is 70.4 Å². The zero-order chi connectivity index (χ0) is 19.2. The van der Waals surface area contributed by atoms with Gasteiger partial charge in [-0.2, -0.15) is 0 Å². The van der Waals surface area contributed by atoms with E-state index in [0.717, 1.165) is 31.4 Å². The third-order valence-electron chi connectivity index (χ3n) is 4.64. The van der Waals surface area contributed by atoms with E-state index < -0.39 is 0 Å². The second-order valence-electron chi connectivity index (χ2n) is 7.04. The first-order valence-corrected chi connectivity index (χ1v) is 10.3. The Hall–Kier alpha value is -1.83. The summed E-state index contributed by atoms with van der Waals surface area (Å²) < 4.78 is 0. The summed E-state index contributed by atoms with van der Waals surface area (Å²) >= 11 is 0. The van der Waals surface area contributed by atoms with Crippen LogP contribution in [0.2, 0.25) is 0 Å². The van der Waals surface area contributed by atoms with Crippen molar-refractivity contribution in [2.24, 2.45) is 4.99 Å². The average molecular weight is 355 g/mol. The molecule has 0 saturated carbocycles. The summed E-state index contributed by atoms with van der Waals surface area (Å²) in [5.41, 5.74) is 5.00. The van der Waals surface area contributed by atoms with Gasteiger partial charge in [0.25, 0.3) is 0 Å². The molecule has 1 aromatic rings. The minimum Gasteiger partial charge on any atom is -0.386 e. The smallest absolute Gasteiger partial charge is 0.0385 e. The molecule has 0 amide bonds.